The van der Waals surface area contributed by atoms with Crippen LogP contribution in [0.5, 0.6) is 0 Å². The Labute approximate surface area is 131 Å². The molecule has 0 amide bonds. The Morgan fingerprint density at radius 1 is 0.955 bits per heavy atom. The zero-order valence-electron chi connectivity index (χ0n) is 12.9. The maximum Gasteiger partial charge on any atom is 0.0715 e. The number of benzene rings is 1. The maximum absolute atomic E-state index is 11.5. The lowest BCUT2D eigenvalue weighted by atomic mass is 9.74. The highest BCUT2D eigenvalue weighted by Crippen LogP contribution is 2.55. The third kappa shape index (κ3) is 1.65. The van der Waals surface area contributed by atoms with Gasteiger partial charge in [-0.05, 0) is 78.2 Å². The van der Waals surface area contributed by atoms with E-state index in [2.05, 4.69) is 4.90 Å². The van der Waals surface area contributed by atoms with Gasteiger partial charge in [0.15, 0.2) is 0 Å². The van der Waals surface area contributed by atoms with E-state index in [1.54, 1.807) is 0 Å². The minimum atomic E-state index is -1.01. The molecule has 5 rings (SSSR count). The molecule has 1 aromatic carbocycles. The predicted molar refractivity (Wildman–Crippen MR) is 83.1 cm³/mol. The van der Waals surface area contributed by atoms with Gasteiger partial charge in [0, 0.05) is 18.8 Å². The topological polar surface area (TPSA) is 43.4 Å². The van der Waals surface area contributed by atoms with Crippen molar-refractivity contribution in [3.05, 3.63) is 28.8 Å². The number of anilines is 1. The molecule has 2 fully saturated rings. The standard InChI is InChI=1S/C19H23NO2/c21-19(22)13-7-16-14-5-1-3-11(14)9-20-10-12-4-2-6-15(12)17(8-13)18(16)20/h7-8,11-12,14-15H,1-6,9-10H2,(H,21,22)/p-1/t11-,12-,14-,15+/m1/s1. The van der Waals surface area contributed by atoms with Crippen LogP contribution in [0.3, 0.4) is 0 Å². The fraction of sp³-hybridized carbons (Fsp3) is 0.632. The summed E-state index contributed by atoms with van der Waals surface area (Å²) in [5.74, 6) is 1.63. The lowest BCUT2D eigenvalue weighted by molar-refractivity contribution is -0.255. The maximum atomic E-state index is 11.5. The Morgan fingerprint density at radius 2 is 1.50 bits per heavy atom. The van der Waals surface area contributed by atoms with E-state index in [0.717, 1.165) is 11.8 Å². The molecule has 4 atom stereocenters. The summed E-state index contributed by atoms with van der Waals surface area (Å²) in [4.78, 5) is 14.1. The van der Waals surface area contributed by atoms with Gasteiger partial charge >= 0.3 is 0 Å². The van der Waals surface area contributed by atoms with Gasteiger partial charge in [0.05, 0.1) is 5.97 Å². The fourth-order valence-electron chi connectivity index (χ4n) is 5.88. The van der Waals surface area contributed by atoms with Gasteiger partial charge in [-0.25, -0.2) is 0 Å². The summed E-state index contributed by atoms with van der Waals surface area (Å²) in [5.41, 5.74) is 4.48. The van der Waals surface area contributed by atoms with Crippen LogP contribution in [0.2, 0.25) is 0 Å². The van der Waals surface area contributed by atoms with Crippen LogP contribution in [0.4, 0.5) is 5.69 Å². The SMILES string of the molecule is O=C([O-])c1cc2c3c(c1)[C@@H]1CCC[C@@H]1CN3C[C@H]1CCC[C@H]21. The van der Waals surface area contributed by atoms with Crippen LogP contribution in [-0.2, 0) is 0 Å². The summed E-state index contributed by atoms with van der Waals surface area (Å²) in [5, 5.41) is 11.5. The molecule has 0 spiro atoms. The van der Waals surface area contributed by atoms with Crippen molar-refractivity contribution in [2.75, 3.05) is 18.0 Å². The van der Waals surface area contributed by atoms with Crippen molar-refractivity contribution in [2.24, 2.45) is 11.8 Å². The van der Waals surface area contributed by atoms with Gasteiger partial charge in [-0.2, -0.15) is 0 Å². The van der Waals surface area contributed by atoms with E-state index >= 15 is 0 Å². The summed E-state index contributed by atoms with van der Waals surface area (Å²) >= 11 is 0. The van der Waals surface area contributed by atoms with Crippen molar-refractivity contribution in [3.63, 3.8) is 0 Å². The summed E-state index contributed by atoms with van der Waals surface area (Å²) in [6, 6.07) is 3.89. The van der Waals surface area contributed by atoms with Crippen molar-refractivity contribution >= 4 is 11.7 Å². The van der Waals surface area contributed by atoms with Gasteiger partial charge < -0.3 is 14.8 Å². The first-order chi connectivity index (χ1) is 10.7. The van der Waals surface area contributed by atoms with Crippen molar-refractivity contribution in [3.8, 4) is 0 Å². The van der Waals surface area contributed by atoms with Crippen LogP contribution in [0.15, 0.2) is 12.1 Å². The normalized spacial score (nSPS) is 35.0. The smallest absolute Gasteiger partial charge is 0.0715 e. The van der Waals surface area contributed by atoms with Crippen molar-refractivity contribution in [1.29, 1.82) is 0 Å². The van der Waals surface area contributed by atoms with Crippen molar-refractivity contribution < 1.29 is 9.90 Å². The highest BCUT2D eigenvalue weighted by Gasteiger charge is 2.44. The van der Waals surface area contributed by atoms with Crippen LogP contribution < -0.4 is 10.0 Å². The van der Waals surface area contributed by atoms with Crippen LogP contribution in [0.1, 0.15) is 71.8 Å². The number of carboxylic acid groups (broad SMARTS) is 1. The van der Waals surface area contributed by atoms with Crippen molar-refractivity contribution in [2.45, 2.75) is 50.4 Å². The molecule has 3 nitrogen and oxygen atoms in total. The minimum absolute atomic E-state index is 0.411. The fourth-order valence-corrected chi connectivity index (χ4v) is 5.88. The molecule has 0 aromatic heterocycles. The van der Waals surface area contributed by atoms with E-state index in [1.165, 1.54) is 68.4 Å². The zero-order valence-corrected chi connectivity index (χ0v) is 12.9. The quantitative estimate of drug-likeness (QED) is 0.800. The van der Waals surface area contributed by atoms with E-state index in [-0.39, 0.29) is 0 Å². The van der Waals surface area contributed by atoms with E-state index in [1.807, 2.05) is 12.1 Å². The lowest BCUT2D eigenvalue weighted by Crippen LogP contribution is -2.43. The Kier molecular flexibility index (Phi) is 2.65. The second-order valence-electron chi connectivity index (χ2n) is 7.79. The summed E-state index contributed by atoms with van der Waals surface area (Å²) < 4.78 is 0. The van der Waals surface area contributed by atoms with Gasteiger partial charge in [-0.15, -0.1) is 0 Å². The third-order valence-corrected chi connectivity index (χ3v) is 6.75. The number of hydrogen-bond donors (Lipinski definition) is 0. The molecule has 2 saturated carbocycles. The van der Waals surface area contributed by atoms with Crippen LogP contribution in [0, 0.1) is 11.8 Å². The molecule has 4 aliphatic rings. The Morgan fingerprint density at radius 3 is 2.00 bits per heavy atom. The molecule has 0 N–H and O–H groups in total. The van der Waals surface area contributed by atoms with Crippen LogP contribution in [0.25, 0.3) is 0 Å². The molecule has 2 aliphatic carbocycles. The number of rotatable bonds is 1. The Bertz CT molecular complexity index is 608. The lowest BCUT2D eigenvalue weighted by Gasteiger charge is -2.46. The van der Waals surface area contributed by atoms with E-state index in [9.17, 15) is 9.90 Å². The second kappa shape index (κ2) is 4.50. The Hall–Kier alpha value is -1.51. The van der Waals surface area contributed by atoms with Crippen LogP contribution in [-0.4, -0.2) is 19.1 Å². The molecule has 0 unspecified atom stereocenters. The number of carbonyl (C=O) groups is 1. The summed E-state index contributed by atoms with van der Waals surface area (Å²) in [6.45, 7) is 2.39. The molecule has 0 radical (unpaired) electrons. The first-order valence-electron chi connectivity index (χ1n) is 8.86. The average Bonchev–Trinajstić information content (AvgIpc) is 3.15. The number of aromatic carboxylic acids is 1. The first-order valence-corrected chi connectivity index (χ1v) is 8.86. The molecule has 116 valence electrons. The molecule has 1 aromatic rings. The molecular weight excluding hydrogens is 274 g/mol. The van der Waals surface area contributed by atoms with Crippen LogP contribution >= 0.6 is 0 Å². The molecular formula is C19H22NO2-. The van der Waals surface area contributed by atoms with E-state index in [0.29, 0.717) is 17.4 Å². The van der Waals surface area contributed by atoms with Gasteiger partial charge in [0.25, 0.3) is 0 Å². The second-order valence-corrected chi connectivity index (χ2v) is 7.79. The van der Waals surface area contributed by atoms with Gasteiger partial charge in [-0.1, -0.05) is 12.8 Å². The van der Waals surface area contributed by atoms with Gasteiger partial charge in [0.2, 0.25) is 0 Å². The Balaban J connectivity index is 1.74. The molecule has 2 heterocycles. The molecule has 22 heavy (non-hydrogen) atoms. The average molecular weight is 296 g/mol. The summed E-state index contributed by atoms with van der Waals surface area (Å²) in [7, 11) is 0. The number of carboxylic acids is 1. The van der Waals surface area contributed by atoms with E-state index < -0.39 is 5.97 Å². The predicted octanol–water partition coefficient (Wildman–Crippen LogP) is 2.65. The number of nitrogens with zero attached hydrogens (tertiary/aromatic N) is 1. The van der Waals surface area contributed by atoms with E-state index in [4.69, 9.17) is 0 Å². The molecule has 3 heteroatoms. The van der Waals surface area contributed by atoms with Gasteiger partial charge in [0.1, 0.15) is 0 Å². The van der Waals surface area contributed by atoms with Gasteiger partial charge in [-0.3, -0.25) is 0 Å². The monoisotopic (exact) mass is 296 g/mol. The number of fused-ring (bicyclic) bond motifs is 4. The highest BCUT2D eigenvalue weighted by molar-refractivity contribution is 5.88. The largest absolute Gasteiger partial charge is 0.545 e. The van der Waals surface area contributed by atoms with Crippen molar-refractivity contribution in [1.82, 2.24) is 0 Å². The minimum Gasteiger partial charge on any atom is -0.545 e. The number of carbonyl (C=O) groups excluding carboxylic acids is 1. The third-order valence-electron chi connectivity index (χ3n) is 6.75. The molecule has 0 saturated heterocycles. The first kappa shape index (κ1) is 13.0. The zero-order chi connectivity index (χ0) is 14.8. The highest BCUT2D eigenvalue weighted by atomic mass is 16.4. The number of hydrogen-bond acceptors (Lipinski definition) is 3. The molecule has 0 bridgehead atoms. The summed E-state index contributed by atoms with van der Waals surface area (Å²) in [6.07, 6.45) is 7.66. The molecule has 2 aliphatic heterocycles.